The summed E-state index contributed by atoms with van der Waals surface area (Å²) in [5.74, 6) is 1.77. The number of hydrogen-bond donors (Lipinski definition) is 0. The van der Waals surface area contributed by atoms with Gasteiger partial charge in [0.2, 0.25) is 5.95 Å². The zero-order chi connectivity index (χ0) is 41.0. The van der Waals surface area contributed by atoms with Gasteiger partial charge in [-0.2, -0.15) is 9.97 Å². The Morgan fingerprint density at radius 1 is 0.274 bits per heavy atom. The molecular weight excluding hydrogens is 755 g/mol. The third-order valence-electron chi connectivity index (χ3n) is 12.0. The quantitative estimate of drug-likeness (QED) is 0.162. The standard InChI is InChI=1S/C57H37N5/c1-4-17-39(18-5-1)45-25-10-11-26-46(45)40-33-31-38(32-34-40)42-21-16-22-43(37-42)56-58-55(41-19-6-2-7-20-41)59-57(60-56)62-52-30-15-13-28-48(52)50-36-35-49-47-27-12-14-29-51(47)61(53(49)54(50)62)44-23-8-3-9-24-44/h1-37H. The predicted molar refractivity (Wildman–Crippen MR) is 256 cm³/mol. The molecule has 0 spiro atoms. The van der Waals surface area contributed by atoms with Gasteiger partial charge in [0, 0.05) is 38.4 Å². The fourth-order valence-corrected chi connectivity index (χ4v) is 9.15. The van der Waals surface area contributed by atoms with Crippen molar-refractivity contribution in [3.63, 3.8) is 0 Å². The Morgan fingerprint density at radius 3 is 1.37 bits per heavy atom. The molecule has 0 saturated heterocycles. The lowest BCUT2D eigenvalue weighted by molar-refractivity contribution is 0.953. The van der Waals surface area contributed by atoms with Crippen LogP contribution in [0.15, 0.2) is 224 Å². The fraction of sp³-hybridized carbons (Fsp3) is 0. The van der Waals surface area contributed by atoms with Crippen LogP contribution in [0.25, 0.3) is 111 Å². The Labute approximate surface area is 358 Å². The number of rotatable bonds is 7. The molecule has 3 heterocycles. The topological polar surface area (TPSA) is 48.5 Å². The summed E-state index contributed by atoms with van der Waals surface area (Å²) in [6, 6.07) is 79.2. The molecule has 0 N–H and O–H groups in total. The molecule has 0 aliphatic carbocycles. The molecule has 12 aromatic rings. The summed E-state index contributed by atoms with van der Waals surface area (Å²) < 4.78 is 4.64. The fourth-order valence-electron chi connectivity index (χ4n) is 9.15. The average Bonchev–Trinajstić information content (AvgIpc) is 3.88. The van der Waals surface area contributed by atoms with E-state index in [1.54, 1.807) is 0 Å². The van der Waals surface area contributed by atoms with Gasteiger partial charge in [0.05, 0.1) is 22.1 Å². The number of aromatic nitrogens is 5. The van der Waals surface area contributed by atoms with Crippen molar-refractivity contribution in [2.45, 2.75) is 0 Å². The van der Waals surface area contributed by atoms with Crippen LogP contribution in [0.3, 0.4) is 0 Å². The van der Waals surface area contributed by atoms with Crippen molar-refractivity contribution in [2.75, 3.05) is 0 Å². The number of para-hydroxylation sites is 3. The Bertz CT molecular complexity index is 3610. The van der Waals surface area contributed by atoms with Crippen molar-refractivity contribution >= 4 is 43.6 Å². The molecule has 0 aliphatic rings. The van der Waals surface area contributed by atoms with Gasteiger partial charge < -0.3 is 4.57 Å². The molecule has 0 fully saturated rings. The van der Waals surface area contributed by atoms with Gasteiger partial charge >= 0.3 is 0 Å². The van der Waals surface area contributed by atoms with Crippen molar-refractivity contribution in [3.05, 3.63) is 224 Å². The number of benzene rings is 9. The minimum atomic E-state index is 0.559. The van der Waals surface area contributed by atoms with Crippen molar-refractivity contribution in [1.29, 1.82) is 0 Å². The highest BCUT2D eigenvalue weighted by Gasteiger charge is 2.23. The van der Waals surface area contributed by atoms with Gasteiger partial charge in [-0.15, -0.1) is 0 Å². The lowest BCUT2D eigenvalue weighted by Gasteiger charge is -2.14. The van der Waals surface area contributed by atoms with Crippen molar-refractivity contribution < 1.29 is 0 Å². The lowest BCUT2D eigenvalue weighted by atomic mass is 9.93. The maximum atomic E-state index is 5.39. The zero-order valence-electron chi connectivity index (χ0n) is 33.6. The molecule has 0 bridgehead atoms. The Balaban J connectivity index is 1.05. The lowest BCUT2D eigenvalue weighted by Crippen LogP contribution is -2.07. The second kappa shape index (κ2) is 14.7. The van der Waals surface area contributed by atoms with Crippen LogP contribution < -0.4 is 0 Å². The highest BCUT2D eigenvalue weighted by atomic mass is 15.2. The van der Waals surface area contributed by atoms with E-state index in [0.29, 0.717) is 17.6 Å². The number of fused-ring (bicyclic) bond motifs is 7. The minimum absolute atomic E-state index is 0.559. The van der Waals surface area contributed by atoms with Crippen LogP contribution in [0.4, 0.5) is 0 Å². The van der Waals surface area contributed by atoms with E-state index in [2.05, 4.69) is 215 Å². The van der Waals surface area contributed by atoms with Gasteiger partial charge in [0.25, 0.3) is 0 Å². The van der Waals surface area contributed by atoms with Crippen LogP contribution in [0.5, 0.6) is 0 Å². The summed E-state index contributed by atoms with van der Waals surface area (Å²) in [7, 11) is 0. The highest BCUT2D eigenvalue weighted by Crippen LogP contribution is 2.42. The van der Waals surface area contributed by atoms with E-state index in [1.807, 2.05) is 18.2 Å². The van der Waals surface area contributed by atoms with E-state index in [-0.39, 0.29) is 0 Å². The van der Waals surface area contributed by atoms with Crippen LogP contribution in [-0.2, 0) is 0 Å². The number of hydrogen-bond acceptors (Lipinski definition) is 3. The van der Waals surface area contributed by atoms with Gasteiger partial charge in [-0.3, -0.25) is 4.57 Å². The first kappa shape index (κ1) is 35.5. The summed E-state index contributed by atoms with van der Waals surface area (Å²) in [6.07, 6.45) is 0. The highest BCUT2D eigenvalue weighted by molar-refractivity contribution is 6.23. The molecule has 0 amide bonds. The van der Waals surface area contributed by atoms with Crippen LogP contribution in [0.1, 0.15) is 0 Å². The van der Waals surface area contributed by atoms with Crippen LogP contribution in [0, 0.1) is 0 Å². The van der Waals surface area contributed by atoms with Gasteiger partial charge in [0.15, 0.2) is 11.6 Å². The van der Waals surface area contributed by atoms with Crippen LogP contribution >= 0.6 is 0 Å². The summed E-state index contributed by atoms with van der Waals surface area (Å²) >= 11 is 0. The first-order chi connectivity index (χ1) is 30.8. The zero-order valence-corrected chi connectivity index (χ0v) is 33.6. The molecule has 5 heteroatoms. The molecule has 0 aliphatic heterocycles. The first-order valence-electron chi connectivity index (χ1n) is 21.0. The Morgan fingerprint density at radius 2 is 0.726 bits per heavy atom. The second-order valence-electron chi connectivity index (χ2n) is 15.6. The largest absolute Gasteiger partial charge is 0.307 e. The van der Waals surface area contributed by atoms with Crippen molar-refractivity contribution in [3.8, 4) is 67.8 Å². The van der Waals surface area contributed by atoms with E-state index in [4.69, 9.17) is 15.0 Å². The average molecular weight is 792 g/mol. The summed E-state index contributed by atoms with van der Waals surface area (Å²) in [5, 5.41) is 4.62. The second-order valence-corrected chi connectivity index (χ2v) is 15.6. The first-order valence-corrected chi connectivity index (χ1v) is 21.0. The van der Waals surface area contributed by atoms with Gasteiger partial charge in [-0.1, -0.05) is 194 Å². The predicted octanol–water partition coefficient (Wildman–Crippen LogP) is 14.4. The maximum absolute atomic E-state index is 5.39. The molecule has 5 nitrogen and oxygen atoms in total. The van der Waals surface area contributed by atoms with Crippen LogP contribution in [-0.4, -0.2) is 24.1 Å². The van der Waals surface area contributed by atoms with E-state index in [1.165, 1.54) is 33.0 Å². The Kier molecular flexibility index (Phi) is 8.42. The Hall–Kier alpha value is -8.41. The third kappa shape index (κ3) is 5.90. The molecule has 0 radical (unpaired) electrons. The summed E-state index contributed by atoms with van der Waals surface area (Å²) in [6.45, 7) is 0. The van der Waals surface area contributed by atoms with Gasteiger partial charge in [-0.25, -0.2) is 4.98 Å². The maximum Gasteiger partial charge on any atom is 0.238 e. The normalized spacial score (nSPS) is 11.5. The molecule has 0 atom stereocenters. The van der Waals surface area contributed by atoms with E-state index < -0.39 is 0 Å². The molecule has 290 valence electrons. The molecule has 0 saturated carbocycles. The summed E-state index contributed by atoms with van der Waals surface area (Å²) in [4.78, 5) is 15.9. The SMILES string of the molecule is c1ccc(-c2nc(-c3cccc(-c4ccc(-c5ccccc5-c5ccccc5)cc4)c3)nc(-n3c4ccccc4c4ccc5c6ccccc6n(-c6ccccc6)c5c43)n2)cc1. The third-order valence-corrected chi connectivity index (χ3v) is 12.0. The van der Waals surface area contributed by atoms with E-state index >= 15 is 0 Å². The van der Waals surface area contributed by atoms with Gasteiger partial charge in [0.1, 0.15) is 0 Å². The molecule has 62 heavy (non-hydrogen) atoms. The smallest absolute Gasteiger partial charge is 0.238 e. The molecule has 0 unspecified atom stereocenters. The monoisotopic (exact) mass is 791 g/mol. The molecule has 3 aromatic heterocycles. The minimum Gasteiger partial charge on any atom is -0.307 e. The van der Waals surface area contributed by atoms with Crippen LogP contribution in [0.2, 0.25) is 0 Å². The molecular formula is C57H37N5. The molecule has 9 aromatic carbocycles. The van der Waals surface area contributed by atoms with E-state index in [0.717, 1.165) is 60.8 Å². The van der Waals surface area contributed by atoms with Gasteiger partial charge in [-0.05, 0) is 63.7 Å². The van der Waals surface area contributed by atoms with Crippen molar-refractivity contribution in [1.82, 2.24) is 24.1 Å². The summed E-state index contributed by atoms with van der Waals surface area (Å²) in [5.41, 5.74) is 14.2. The molecule has 12 rings (SSSR count). The van der Waals surface area contributed by atoms with E-state index in [9.17, 15) is 0 Å². The number of nitrogens with zero attached hydrogens (tertiary/aromatic N) is 5. The van der Waals surface area contributed by atoms with Crippen molar-refractivity contribution in [2.24, 2.45) is 0 Å².